The van der Waals surface area contributed by atoms with E-state index in [-0.39, 0.29) is 5.41 Å². The Hall–Kier alpha value is -2.08. The summed E-state index contributed by atoms with van der Waals surface area (Å²) >= 11 is 0. The number of rotatable bonds is 1. The summed E-state index contributed by atoms with van der Waals surface area (Å²) in [6, 6.07) is 22.0. The predicted octanol–water partition coefficient (Wildman–Crippen LogP) is 7.98. The highest BCUT2D eigenvalue weighted by molar-refractivity contribution is 5.97. The Kier molecular flexibility index (Phi) is 6.42. The zero-order valence-corrected chi connectivity index (χ0v) is 16.7. The van der Waals surface area contributed by atoms with E-state index >= 15 is 0 Å². The first-order valence-electron chi connectivity index (χ1n) is 9.73. The minimum atomic E-state index is 0.0901. The van der Waals surface area contributed by atoms with Crippen LogP contribution in [0.5, 0.6) is 0 Å². The van der Waals surface area contributed by atoms with Crippen LogP contribution in [0.15, 0.2) is 60.7 Å². The SMILES string of the molecule is CC.CC1(C)c2ccccc2-c2ccc3ccccc3c21.CCCC. The highest BCUT2D eigenvalue weighted by Crippen LogP contribution is 2.50. The van der Waals surface area contributed by atoms with Crippen molar-refractivity contribution in [1.82, 2.24) is 0 Å². The molecule has 0 aliphatic heterocycles. The molecular weight excluding hydrogens is 300 g/mol. The van der Waals surface area contributed by atoms with E-state index in [4.69, 9.17) is 0 Å². The van der Waals surface area contributed by atoms with E-state index in [9.17, 15) is 0 Å². The molecule has 1 aliphatic rings. The molecule has 0 saturated heterocycles. The maximum Gasteiger partial charge on any atom is 0.0165 e. The lowest BCUT2D eigenvalue weighted by molar-refractivity contribution is 0.666. The first kappa shape index (κ1) is 19.2. The third-order valence-electron chi connectivity index (χ3n) is 4.94. The normalized spacial score (nSPS) is 13.0. The van der Waals surface area contributed by atoms with Gasteiger partial charge in [0, 0.05) is 5.41 Å². The van der Waals surface area contributed by atoms with Crippen molar-refractivity contribution in [1.29, 1.82) is 0 Å². The van der Waals surface area contributed by atoms with Crippen molar-refractivity contribution >= 4 is 10.8 Å². The van der Waals surface area contributed by atoms with Crippen LogP contribution in [0.4, 0.5) is 0 Å². The van der Waals surface area contributed by atoms with Crippen molar-refractivity contribution in [2.75, 3.05) is 0 Å². The summed E-state index contributed by atoms with van der Waals surface area (Å²) in [7, 11) is 0. The molecule has 0 saturated carbocycles. The van der Waals surface area contributed by atoms with E-state index in [1.54, 1.807) is 0 Å². The zero-order chi connectivity index (χ0) is 18.4. The minimum Gasteiger partial charge on any atom is -0.0683 e. The molecule has 0 spiro atoms. The van der Waals surface area contributed by atoms with Gasteiger partial charge in [0.1, 0.15) is 0 Å². The fourth-order valence-electron chi connectivity index (χ4n) is 3.57. The molecule has 0 amide bonds. The molecule has 0 heterocycles. The summed E-state index contributed by atoms with van der Waals surface area (Å²) in [5.41, 5.74) is 5.81. The van der Waals surface area contributed by atoms with Crippen LogP contribution in [0.3, 0.4) is 0 Å². The lowest BCUT2D eigenvalue weighted by Crippen LogP contribution is -2.15. The average molecular weight is 333 g/mol. The Morgan fingerprint density at radius 1 is 0.680 bits per heavy atom. The maximum atomic E-state index is 2.34. The van der Waals surface area contributed by atoms with Gasteiger partial charge in [0.2, 0.25) is 0 Å². The Labute approximate surface area is 153 Å². The predicted molar refractivity (Wildman–Crippen MR) is 113 cm³/mol. The molecule has 0 aromatic heterocycles. The lowest BCUT2D eigenvalue weighted by Gasteiger charge is -2.23. The third kappa shape index (κ3) is 3.49. The summed E-state index contributed by atoms with van der Waals surface area (Å²) in [6.07, 6.45) is 2.64. The summed E-state index contributed by atoms with van der Waals surface area (Å²) in [5, 5.41) is 2.73. The Bertz CT molecular complexity index is 822. The molecule has 25 heavy (non-hydrogen) atoms. The molecule has 3 aromatic rings. The maximum absolute atomic E-state index is 2.34. The van der Waals surface area contributed by atoms with Gasteiger partial charge >= 0.3 is 0 Å². The van der Waals surface area contributed by atoms with Crippen LogP contribution < -0.4 is 0 Å². The topological polar surface area (TPSA) is 0 Å². The number of hydrogen-bond donors (Lipinski definition) is 0. The van der Waals surface area contributed by atoms with Crippen LogP contribution in [0.2, 0.25) is 0 Å². The monoisotopic (exact) mass is 332 g/mol. The van der Waals surface area contributed by atoms with Crippen molar-refractivity contribution in [3.8, 4) is 11.1 Å². The fraction of sp³-hybridized carbons (Fsp3) is 0.360. The summed E-state index contributed by atoms with van der Waals surface area (Å²) < 4.78 is 0. The highest BCUT2D eigenvalue weighted by Gasteiger charge is 2.36. The van der Waals surface area contributed by atoms with Gasteiger partial charge in [-0.05, 0) is 33.0 Å². The molecular formula is C25H32. The molecule has 0 heteroatoms. The van der Waals surface area contributed by atoms with Crippen molar-refractivity contribution < 1.29 is 0 Å². The van der Waals surface area contributed by atoms with E-state index in [2.05, 4.69) is 88.4 Å². The Balaban J connectivity index is 0.000000334. The third-order valence-corrected chi connectivity index (χ3v) is 4.94. The van der Waals surface area contributed by atoms with Crippen LogP contribution >= 0.6 is 0 Å². The molecule has 132 valence electrons. The number of unbranched alkanes of at least 4 members (excludes halogenated alkanes) is 1. The molecule has 0 unspecified atom stereocenters. The van der Waals surface area contributed by atoms with Gasteiger partial charge in [-0.15, -0.1) is 0 Å². The number of hydrogen-bond acceptors (Lipinski definition) is 0. The smallest absolute Gasteiger partial charge is 0.0165 e. The quantitative estimate of drug-likeness (QED) is 0.423. The van der Waals surface area contributed by atoms with Crippen LogP contribution in [0.1, 0.15) is 65.5 Å². The second-order valence-corrected chi connectivity index (χ2v) is 6.88. The second-order valence-electron chi connectivity index (χ2n) is 6.88. The Morgan fingerprint density at radius 3 is 1.96 bits per heavy atom. The van der Waals surface area contributed by atoms with Crippen molar-refractivity contribution in [2.45, 2.75) is 59.8 Å². The molecule has 0 nitrogen and oxygen atoms in total. The molecule has 0 bridgehead atoms. The van der Waals surface area contributed by atoms with E-state index in [1.807, 2.05) is 13.8 Å². The van der Waals surface area contributed by atoms with Gasteiger partial charge in [-0.3, -0.25) is 0 Å². The van der Waals surface area contributed by atoms with Crippen LogP contribution in [-0.2, 0) is 5.41 Å². The van der Waals surface area contributed by atoms with Gasteiger partial charge in [-0.1, -0.05) is 115 Å². The van der Waals surface area contributed by atoms with Gasteiger partial charge in [0.25, 0.3) is 0 Å². The summed E-state index contributed by atoms with van der Waals surface area (Å²) in [4.78, 5) is 0. The lowest BCUT2D eigenvalue weighted by atomic mass is 9.80. The average Bonchev–Trinajstić information content (AvgIpc) is 2.92. The largest absolute Gasteiger partial charge is 0.0683 e. The first-order chi connectivity index (χ1) is 12.1. The second kappa shape index (κ2) is 8.34. The van der Waals surface area contributed by atoms with Crippen molar-refractivity contribution in [3.63, 3.8) is 0 Å². The highest BCUT2D eigenvalue weighted by atomic mass is 14.4. The van der Waals surface area contributed by atoms with Crippen LogP contribution in [0, 0.1) is 0 Å². The zero-order valence-electron chi connectivity index (χ0n) is 16.7. The molecule has 0 N–H and O–H groups in total. The number of benzene rings is 3. The van der Waals surface area contributed by atoms with E-state index in [1.165, 1.54) is 45.9 Å². The van der Waals surface area contributed by atoms with Crippen LogP contribution in [0.25, 0.3) is 21.9 Å². The van der Waals surface area contributed by atoms with E-state index in [0.29, 0.717) is 0 Å². The minimum absolute atomic E-state index is 0.0901. The van der Waals surface area contributed by atoms with Gasteiger partial charge in [0.15, 0.2) is 0 Å². The van der Waals surface area contributed by atoms with E-state index < -0.39 is 0 Å². The van der Waals surface area contributed by atoms with Crippen LogP contribution in [-0.4, -0.2) is 0 Å². The molecule has 0 radical (unpaired) electrons. The molecule has 0 fully saturated rings. The summed E-state index contributed by atoms with van der Waals surface area (Å²) in [6.45, 7) is 13.0. The fourth-order valence-corrected chi connectivity index (χ4v) is 3.57. The molecule has 0 atom stereocenters. The first-order valence-corrected chi connectivity index (χ1v) is 9.73. The van der Waals surface area contributed by atoms with Gasteiger partial charge < -0.3 is 0 Å². The standard InChI is InChI=1S/C19H16.C4H10.C2H6/c1-19(2)17-10-6-5-9-15(17)16-12-11-13-7-3-4-8-14(13)18(16)19;1-3-4-2;1-2/h3-12H,1-2H3;3-4H2,1-2H3;1-2H3. The van der Waals surface area contributed by atoms with Crippen molar-refractivity contribution in [2.24, 2.45) is 0 Å². The van der Waals surface area contributed by atoms with Gasteiger partial charge in [-0.2, -0.15) is 0 Å². The van der Waals surface area contributed by atoms with Crippen molar-refractivity contribution in [3.05, 3.63) is 71.8 Å². The Morgan fingerprint density at radius 2 is 1.28 bits per heavy atom. The van der Waals surface area contributed by atoms with Gasteiger partial charge in [-0.25, -0.2) is 0 Å². The molecule has 1 aliphatic carbocycles. The van der Waals surface area contributed by atoms with E-state index in [0.717, 1.165) is 0 Å². The number of fused-ring (bicyclic) bond motifs is 5. The van der Waals surface area contributed by atoms with Gasteiger partial charge in [0.05, 0.1) is 0 Å². The summed E-state index contributed by atoms with van der Waals surface area (Å²) in [5.74, 6) is 0. The molecule has 3 aromatic carbocycles. The molecule has 4 rings (SSSR count).